The summed E-state index contributed by atoms with van der Waals surface area (Å²) in [5.74, 6) is -1.82. The molecular formula is C8H3BrN3O4. The lowest BCUT2D eigenvalue weighted by Gasteiger charge is -2.14. The number of hydrogen-bond acceptors (Lipinski definition) is 4. The Bertz CT molecular complexity index is 528. The highest BCUT2D eigenvalue weighted by Gasteiger charge is 2.27. The zero-order valence-corrected chi connectivity index (χ0v) is 9.15. The Labute approximate surface area is 97.1 Å². The van der Waals surface area contributed by atoms with Gasteiger partial charge in [-0.1, -0.05) is 0 Å². The number of benzene rings is 1. The van der Waals surface area contributed by atoms with Crippen molar-refractivity contribution in [3.8, 4) is 0 Å². The Kier molecular flexibility index (Phi) is 2.35. The lowest BCUT2D eigenvalue weighted by molar-refractivity contribution is -0.385. The molecule has 0 aromatic heterocycles. The van der Waals surface area contributed by atoms with Gasteiger partial charge in [-0.25, -0.2) is 5.32 Å². The molecule has 8 heteroatoms. The second-order valence-corrected chi connectivity index (χ2v) is 3.80. The summed E-state index contributed by atoms with van der Waals surface area (Å²) < 4.78 is 0.209. The number of hydrogen-bond donors (Lipinski definition) is 1. The minimum absolute atomic E-state index is 0.0829. The standard InChI is InChI=1S/C8H3BrN3O4/c9-3-1-4-5(2-6(3)12(15)16)11-8(14)7(13)10-4/h1-2H,(H,10,13). The van der Waals surface area contributed by atoms with Crippen molar-refractivity contribution in [2.45, 2.75) is 0 Å². The number of rotatable bonds is 1. The average molecular weight is 285 g/mol. The Morgan fingerprint density at radius 1 is 1.38 bits per heavy atom. The normalized spacial score (nSPS) is 13.8. The molecule has 81 valence electrons. The van der Waals surface area contributed by atoms with Crippen molar-refractivity contribution in [1.29, 1.82) is 0 Å². The fraction of sp³-hybridized carbons (Fsp3) is 0. The smallest absolute Gasteiger partial charge is 0.316 e. The molecule has 1 aliphatic rings. The molecule has 1 aliphatic heterocycles. The molecule has 2 rings (SSSR count). The second kappa shape index (κ2) is 3.56. The van der Waals surface area contributed by atoms with Gasteiger partial charge in [0.2, 0.25) is 0 Å². The fourth-order valence-electron chi connectivity index (χ4n) is 1.22. The van der Waals surface area contributed by atoms with Gasteiger partial charge in [-0.2, -0.15) is 0 Å². The number of carbonyl (C=O) groups is 2. The van der Waals surface area contributed by atoms with Crippen LogP contribution in [0, 0.1) is 10.1 Å². The molecule has 1 heterocycles. The van der Waals surface area contributed by atoms with Crippen molar-refractivity contribution in [3.63, 3.8) is 0 Å². The molecule has 1 radical (unpaired) electrons. The van der Waals surface area contributed by atoms with E-state index in [0.29, 0.717) is 0 Å². The second-order valence-electron chi connectivity index (χ2n) is 2.95. The molecular weight excluding hydrogens is 282 g/mol. The van der Waals surface area contributed by atoms with E-state index < -0.39 is 16.7 Å². The lowest BCUT2D eigenvalue weighted by Crippen LogP contribution is -2.33. The fourth-order valence-corrected chi connectivity index (χ4v) is 1.71. The molecule has 1 aromatic rings. The molecule has 0 spiro atoms. The van der Waals surface area contributed by atoms with Gasteiger partial charge in [-0.3, -0.25) is 19.7 Å². The Morgan fingerprint density at radius 3 is 2.69 bits per heavy atom. The van der Waals surface area contributed by atoms with Gasteiger partial charge in [0.15, 0.2) is 0 Å². The van der Waals surface area contributed by atoms with Crippen molar-refractivity contribution >= 4 is 44.8 Å². The Balaban J connectivity index is 2.55. The molecule has 16 heavy (non-hydrogen) atoms. The van der Waals surface area contributed by atoms with Crippen molar-refractivity contribution in [1.82, 2.24) is 5.32 Å². The molecule has 2 amide bonds. The minimum atomic E-state index is -0.968. The number of fused-ring (bicyclic) bond motifs is 1. The molecule has 0 saturated heterocycles. The summed E-state index contributed by atoms with van der Waals surface area (Å²) in [6, 6.07) is 2.46. The largest absolute Gasteiger partial charge is 0.335 e. The van der Waals surface area contributed by atoms with E-state index in [1.165, 1.54) is 6.07 Å². The van der Waals surface area contributed by atoms with Crippen LogP contribution in [0.2, 0.25) is 0 Å². The maximum absolute atomic E-state index is 11.0. The van der Waals surface area contributed by atoms with Gasteiger partial charge in [0.25, 0.3) is 5.69 Å². The van der Waals surface area contributed by atoms with E-state index in [-0.39, 0.29) is 21.5 Å². The first-order valence-electron chi connectivity index (χ1n) is 4.04. The summed E-state index contributed by atoms with van der Waals surface area (Å²) in [5, 5.41) is 16.3. The van der Waals surface area contributed by atoms with Crippen molar-refractivity contribution in [3.05, 3.63) is 26.7 Å². The zero-order valence-electron chi connectivity index (χ0n) is 7.56. The van der Waals surface area contributed by atoms with Gasteiger partial charge < -0.3 is 5.32 Å². The van der Waals surface area contributed by atoms with Crippen LogP contribution in [0.25, 0.3) is 0 Å². The molecule has 7 nitrogen and oxygen atoms in total. The van der Waals surface area contributed by atoms with Gasteiger partial charge in [-0.05, 0) is 22.0 Å². The van der Waals surface area contributed by atoms with E-state index in [2.05, 4.69) is 26.6 Å². The van der Waals surface area contributed by atoms with E-state index in [1.54, 1.807) is 0 Å². The summed E-state index contributed by atoms with van der Waals surface area (Å²) in [6.07, 6.45) is 0. The zero-order chi connectivity index (χ0) is 11.9. The monoisotopic (exact) mass is 284 g/mol. The van der Waals surface area contributed by atoms with Crippen molar-refractivity contribution < 1.29 is 14.5 Å². The summed E-state index contributed by atoms with van der Waals surface area (Å²) in [5.41, 5.74) is 0.132. The lowest BCUT2D eigenvalue weighted by atomic mass is 10.2. The van der Waals surface area contributed by atoms with Gasteiger partial charge in [0.1, 0.15) is 0 Å². The topological polar surface area (TPSA) is 103 Å². The van der Waals surface area contributed by atoms with Crippen molar-refractivity contribution in [2.75, 3.05) is 5.32 Å². The first-order valence-corrected chi connectivity index (χ1v) is 4.83. The van der Waals surface area contributed by atoms with Crippen LogP contribution in [-0.4, -0.2) is 16.7 Å². The number of halogens is 1. The molecule has 1 aromatic carbocycles. The number of nitro groups is 1. The van der Waals surface area contributed by atoms with E-state index in [1.807, 2.05) is 0 Å². The first kappa shape index (κ1) is 10.6. The molecule has 0 fully saturated rings. The third-order valence-corrected chi connectivity index (χ3v) is 2.56. The molecule has 0 bridgehead atoms. The van der Waals surface area contributed by atoms with Gasteiger partial charge in [0, 0.05) is 6.07 Å². The van der Waals surface area contributed by atoms with Crippen LogP contribution >= 0.6 is 15.9 Å². The van der Waals surface area contributed by atoms with Crippen LogP contribution in [-0.2, 0) is 9.59 Å². The third kappa shape index (κ3) is 1.63. The molecule has 0 atom stereocenters. The van der Waals surface area contributed by atoms with E-state index in [4.69, 9.17) is 0 Å². The molecule has 1 N–H and O–H groups in total. The van der Waals surface area contributed by atoms with Crippen LogP contribution in [0.4, 0.5) is 17.1 Å². The number of amides is 2. The highest BCUT2D eigenvalue weighted by atomic mass is 79.9. The Morgan fingerprint density at radius 2 is 2.06 bits per heavy atom. The predicted molar refractivity (Wildman–Crippen MR) is 56.2 cm³/mol. The maximum Gasteiger partial charge on any atom is 0.335 e. The number of nitro benzene ring substituents is 1. The van der Waals surface area contributed by atoms with Gasteiger partial charge in [-0.15, -0.1) is 0 Å². The first-order chi connectivity index (χ1) is 7.49. The Hall–Kier alpha value is -1.96. The molecule has 0 unspecified atom stereocenters. The third-order valence-electron chi connectivity index (χ3n) is 1.93. The molecule has 0 saturated carbocycles. The summed E-state index contributed by atoms with van der Waals surface area (Å²) in [7, 11) is 0. The predicted octanol–water partition coefficient (Wildman–Crippen LogP) is 1.07. The maximum atomic E-state index is 11.0. The van der Waals surface area contributed by atoms with Crippen LogP contribution in [0.5, 0.6) is 0 Å². The number of carbonyl (C=O) groups excluding carboxylic acids is 2. The van der Waals surface area contributed by atoms with E-state index >= 15 is 0 Å². The van der Waals surface area contributed by atoms with E-state index in [9.17, 15) is 19.7 Å². The van der Waals surface area contributed by atoms with Crippen molar-refractivity contribution in [2.24, 2.45) is 0 Å². The van der Waals surface area contributed by atoms with E-state index in [0.717, 1.165) is 6.07 Å². The number of anilines is 1. The highest BCUT2D eigenvalue weighted by molar-refractivity contribution is 9.10. The summed E-state index contributed by atoms with van der Waals surface area (Å²) >= 11 is 2.99. The summed E-state index contributed by atoms with van der Waals surface area (Å²) in [4.78, 5) is 32.0. The quantitative estimate of drug-likeness (QED) is 0.473. The summed E-state index contributed by atoms with van der Waals surface area (Å²) in [6.45, 7) is 0. The van der Waals surface area contributed by atoms with Crippen LogP contribution in [0.1, 0.15) is 0 Å². The minimum Gasteiger partial charge on any atom is -0.316 e. The average Bonchev–Trinajstić information content (AvgIpc) is 2.19. The van der Waals surface area contributed by atoms with Gasteiger partial charge >= 0.3 is 11.8 Å². The SMILES string of the molecule is O=C1[N]c2cc([N+](=O)[O-])c(Br)cc2NC1=O. The van der Waals surface area contributed by atoms with Crippen LogP contribution in [0.3, 0.4) is 0 Å². The van der Waals surface area contributed by atoms with Gasteiger partial charge in [0.05, 0.1) is 20.8 Å². The molecule has 0 aliphatic carbocycles. The number of nitrogens with zero attached hydrogens (tertiary/aromatic N) is 2. The highest BCUT2D eigenvalue weighted by Crippen LogP contribution is 2.35. The van der Waals surface area contributed by atoms with Crippen LogP contribution in [0.15, 0.2) is 16.6 Å². The van der Waals surface area contributed by atoms with Crippen LogP contribution < -0.4 is 10.6 Å². The number of nitrogens with one attached hydrogen (secondary N) is 1.